The van der Waals surface area contributed by atoms with E-state index in [4.69, 9.17) is 14.7 Å². The number of H-pyrrole nitrogens is 1. The Morgan fingerprint density at radius 2 is 1.94 bits per heavy atom. The number of ether oxygens (including phenoxy) is 1. The van der Waals surface area contributed by atoms with E-state index < -0.39 is 0 Å². The monoisotopic (exact) mass is 481 g/mol. The molecule has 0 radical (unpaired) electrons. The summed E-state index contributed by atoms with van der Waals surface area (Å²) in [5, 5.41) is 14.0. The summed E-state index contributed by atoms with van der Waals surface area (Å²) in [5.74, 6) is 2.20. The summed E-state index contributed by atoms with van der Waals surface area (Å²) in [6.45, 7) is 11.5. The molecule has 3 aromatic rings. The zero-order valence-corrected chi connectivity index (χ0v) is 21.0. The second-order valence-electron chi connectivity index (χ2n) is 8.96. The fourth-order valence-corrected chi connectivity index (χ4v) is 4.59. The number of nitrogens with zero attached hydrogens (tertiary/aromatic N) is 4. The highest BCUT2D eigenvalue weighted by Gasteiger charge is 2.41. The van der Waals surface area contributed by atoms with Crippen LogP contribution in [0, 0.1) is 6.92 Å². The van der Waals surface area contributed by atoms with Crippen LogP contribution in [-0.4, -0.2) is 50.9 Å². The molecule has 0 aliphatic carbocycles. The van der Waals surface area contributed by atoms with Crippen LogP contribution < -0.4 is 15.5 Å². The van der Waals surface area contributed by atoms with Crippen molar-refractivity contribution in [1.29, 1.82) is 0 Å². The van der Waals surface area contributed by atoms with Gasteiger partial charge in [-0.1, -0.05) is 6.92 Å². The number of carbonyl (C=O) groups is 1. The molecular weight excluding hydrogens is 450 g/mol. The molecule has 1 saturated heterocycles. The molecule has 1 aliphatic rings. The van der Waals surface area contributed by atoms with Crippen LogP contribution in [0.5, 0.6) is 0 Å². The fraction of sp³-hybridized carbons (Fsp3) is 0.417. The van der Waals surface area contributed by atoms with Crippen molar-refractivity contribution in [3.05, 3.63) is 42.1 Å². The van der Waals surface area contributed by atoms with Gasteiger partial charge in [0.2, 0.25) is 5.91 Å². The largest absolute Gasteiger partial charge is 0.369 e. The Labute approximate surface area is 204 Å². The number of aromatic amines is 1. The second kappa shape index (κ2) is 10.0. The first-order valence-electron chi connectivity index (χ1n) is 11.4. The van der Waals surface area contributed by atoms with E-state index in [9.17, 15) is 4.79 Å². The van der Waals surface area contributed by atoms with Gasteiger partial charge < -0.3 is 20.3 Å². The minimum Gasteiger partial charge on any atom is -0.369 e. The Morgan fingerprint density at radius 3 is 2.56 bits per heavy atom. The first-order valence-corrected chi connectivity index (χ1v) is 12.2. The Bertz CT molecular complexity index is 1140. The van der Waals surface area contributed by atoms with Crippen molar-refractivity contribution < 1.29 is 9.53 Å². The topological polar surface area (TPSA) is 108 Å². The van der Waals surface area contributed by atoms with Gasteiger partial charge in [-0.2, -0.15) is 5.10 Å². The lowest BCUT2D eigenvalue weighted by Crippen LogP contribution is -2.62. The van der Waals surface area contributed by atoms with Crippen LogP contribution in [-0.2, 0) is 9.53 Å². The maximum Gasteiger partial charge on any atom is 0.224 e. The summed E-state index contributed by atoms with van der Waals surface area (Å²) in [7, 11) is 0. The highest BCUT2D eigenvalue weighted by atomic mass is 32.2. The van der Waals surface area contributed by atoms with Crippen LogP contribution in [0.4, 0.5) is 23.1 Å². The molecule has 0 spiro atoms. The molecule has 0 bridgehead atoms. The Balaban J connectivity index is 1.54. The number of hydrogen-bond acceptors (Lipinski definition) is 8. The summed E-state index contributed by atoms with van der Waals surface area (Å²) in [4.78, 5) is 24.3. The first kappa shape index (κ1) is 24.0. The van der Waals surface area contributed by atoms with Gasteiger partial charge in [0.1, 0.15) is 17.2 Å². The highest BCUT2D eigenvalue weighted by Crippen LogP contribution is 2.34. The van der Waals surface area contributed by atoms with Gasteiger partial charge in [0, 0.05) is 47.9 Å². The molecule has 2 aromatic heterocycles. The van der Waals surface area contributed by atoms with Gasteiger partial charge in [-0.3, -0.25) is 9.89 Å². The van der Waals surface area contributed by atoms with Crippen molar-refractivity contribution in [2.24, 2.45) is 0 Å². The van der Waals surface area contributed by atoms with E-state index in [0.717, 1.165) is 35.2 Å². The number of amides is 1. The van der Waals surface area contributed by atoms with Crippen molar-refractivity contribution >= 4 is 40.8 Å². The number of nitrogens with one attached hydrogen (secondary N) is 3. The van der Waals surface area contributed by atoms with E-state index in [2.05, 4.69) is 46.5 Å². The van der Waals surface area contributed by atoms with E-state index in [1.807, 2.05) is 50.2 Å². The van der Waals surface area contributed by atoms with Crippen molar-refractivity contribution in [2.45, 2.75) is 62.8 Å². The molecule has 180 valence electrons. The minimum absolute atomic E-state index is 0.0104. The van der Waals surface area contributed by atoms with E-state index in [-0.39, 0.29) is 17.6 Å². The van der Waals surface area contributed by atoms with Crippen LogP contribution in [0.2, 0.25) is 0 Å². The van der Waals surface area contributed by atoms with Crippen molar-refractivity contribution in [1.82, 2.24) is 20.2 Å². The Morgan fingerprint density at radius 1 is 1.21 bits per heavy atom. The average Bonchev–Trinajstić information content (AvgIpc) is 3.17. The van der Waals surface area contributed by atoms with Crippen LogP contribution in [0.15, 0.2) is 46.5 Å². The number of carbonyl (C=O) groups excluding carboxylic acids is 1. The quantitative estimate of drug-likeness (QED) is 0.376. The number of benzene rings is 1. The van der Waals surface area contributed by atoms with Gasteiger partial charge in [-0.25, -0.2) is 9.97 Å². The summed E-state index contributed by atoms with van der Waals surface area (Å²) < 4.78 is 6.08. The molecule has 0 saturated carbocycles. The third-order valence-electron chi connectivity index (χ3n) is 5.22. The van der Waals surface area contributed by atoms with Crippen LogP contribution in [0.25, 0.3) is 0 Å². The fourth-order valence-electron chi connectivity index (χ4n) is 3.83. The van der Waals surface area contributed by atoms with Crippen LogP contribution >= 0.6 is 11.8 Å². The average molecular weight is 482 g/mol. The molecule has 34 heavy (non-hydrogen) atoms. The Kier molecular flexibility index (Phi) is 7.08. The van der Waals surface area contributed by atoms with Gasteiger partial charge in [0.25, 0.3) is 0 Å². The molecule has 1 aromatic carbocycles. The van der Waals surface area contributed by atoms with Crippen molar-refractivity contribution in [3.8, 4) is 0 Å². The molecule has 4 rings (SSSR count). The summed E-state index contributed by atoms with van der Waals surface area (Å²) in [6, 6.07) is 11.5. The molecule has 0 unspecified atom stereocenters. The zero-order valence-electron chi connectivity index (χ0n) is 20.2. The predicted octanol–water partition coefficient (Wildman–Crippen LogP) is 4.76. The zero-order chi connectivity index (χ0) is 24.3. The number of anilines is 4. The van der Waals surface area contributed by atoms with Gasteiger partial charge in [0.05, 0.1) is 6.10 Å². The summed E-state index contributed by atoms with van der Waals surface area (Å²) >= 11 is 1.47. The van der Waals surface area contributed by atoms with Crippen LogP contribution in [0.1, 0.15) is 39.8 Å². The van der Waals surface area contributed by atoms with Gasteiger partial charge in [-0.05, 0) is 63.7 Å². The number of aromatic nitrogens is 4. The molecule has 3 heterocycles. The first-order chi connectivity index (χ1) is 16.2. The van der Waals surface area contributed by atoms with Crippen molar-refractivity contribution in [2.75, 3.05) is 28.6 Å². The second-order valence-corrected chi connectivity index (χ2v) is 10.00. The molecule has 1 amide bonds. The predicted molar refractivity (Wildman–Crippen MR) is 135 cm³/mol. The number of hydrogen-bond donors (Lipinski definition) is 3. The van der Waals surface area contributed by atoms with E-state index in [1.165, 1.54) is 11.8 Å². The Hall–Kier alpha value is -3.11. The van der Waals surface area contributed by atoms with Crippen LogP contribution in [0.3, 0.4) is 0 Å². The van der Waals surface area contributed by atoms with Gasteiger partial charge in [0.15, 0.2) is 11.0 Å². The third-order valence-corrected chi connectivity index (χ3v) is 6.09. The maximum absolute atomic E-state index is 11.6. The van der Waals surface area contributed by atoms with E-state index in [1.54, 1.807) is 0 Å². The minimum atomic E-state index is -0.182. The normalized spacial score (nSPS) is 14.7. The maximum atomic E-state index is 11.6. The van der Waals surface area contributed by atoms with E-state index >= 15 is 0 Å². The molecule has 1 aliphatic heterocycles. The number of rotatable bonds is 9. The highest BCUT2D eigenvalue weighted by molar-refractivity contribution is 7.99. The molecule has 1 fully saturated rings. The number of aryl methyl sites for hydroxylation is 1. The van der Waals surface area contributed by atoms with E-state index in [0.29, 0.717) is 23.2 Å². The molecule has 3 N–H and O–H groups in total. The smallest absolute Gasteiger partial charge is 0.224 e. The van der Waals surface area contributed by atoms with Gasteiger partial charge >= 0.3 is 0 Å². The van der Waals surface area contributed by atoms with Crippen molar-refractivity contribution in [3.63, 3.8) is 0 Å². The lowest BCUT2D eigenvalue weighted by atomic mass is 9.96. The molecular formula is C24H31N7O2S. The third kappa shape index (κ3) is 6.06. The summed E-state index contributed by atoms with van der Waals surface area (Å²) in [5.41, 5.74) is 1.55. The molecule has 9 nitrogen and oxygen atoms in total. The lowest BCUT2D eigenvalue weighted by Gasteiger charge is -2.49. The standard InChI is InChI=1S/C24H31N7O2S/c1-6-22(32)25-17-7-9-18(10-8-17)34-23-27-19(26-20-11-16(4)29-30-20)12-21(28-23)31-13-24(5,14-31)33-15(2)3/h7-12,15H,6,13-14H2,1-5H3,(H,25,32)(H2,26,27,28,29,30). The lowest BCUT2D eigenvalue weighted by molar-refractivity contribution is -0.115. The molecule has 10 heteroatoms. The SMILES string of the molecule is CCC(=O)Nc1ccc(Sc2nc(Nc3cc(C)[nH]n3)cc(N3CC(C)(OC(C)C)C3)n2)cc1. The molecule has 0 atom stereocenters. The van der Waals surface area contributed by atoms with Gasteiger partial charge in [-0.15, -0.1) is 0 Å². The summed E-state index contributed by atoms with van der Waals surface area (Å²) in [6.07, 6.45) is 0.620.